The Morgan fingerprint density at radius 1 is 1.42 bits per heavy atom. The predicted octanol–water partition coefficient (Wildman–Crippen LogP) is 1.47. The summed E-state index contributed by atoms with van der Waals surface area (Å²) in [7, 11) is 0. The molecule has 0 fully saturated rings. The Labute approximate surface area is 110 Å². The van der Waals surface area contributed by atoms with Gasteiger partial charge in [-0.2, -0.15) is 0 Å². The number of ether oxygens (including phenoxy) is 3. The lowest BCUT2D eigenvalue weighted by molar-refractivity contribution is -0.139. The summed E-state index contributed by atoms with van der Waals surface area (Å²) < 4.78 is 15.1. The maximum atomic E-state index is 11.4. The summed E-state index contributed by atoms with van der Waals surface area (Å²) in [6.07, 6.45) is 1.74. The third kappa shape index (κ3) is 3.04. The van der Waals surface area contributed by atoms with Gasteiger partial charge in [0.05, 0.1) is 6.61 Å². The second-order valence-corrected chi connectivity index (χ2v) is 3.65. The molecule has 0 saturated carbocycles. The number of hydrogen-bond donors (Lipinski definition) is 1. The average molecular weight is 263 g/mol. The van der Waals surface area contributed by atoms with Crippen LogP contribution < -0.4 is 14.8 Å². The minimum absolute atomic E-state index is 0.0838. The minimum atomic E-state index is -0.661. The van der Waals surface area contributed by atoms with Gasteiger partial charge in [0.15, 0.2) is 17.8 Å². The maximum absolute atomic E-state index is 11.4. The lowest BCUT2D eigenvalue weighted by Gasteiger charge is -2.04. The van der Waals surface area contributed by atoms with E-state index >= 15 is 0 Å². The molecule has 0 atom stereocenters. The second kappa shape index (κ2) is 5.90. The van der Waals surface area contributed by atoms with Crippen molar-refractivity contribution in [1.82, 2.24) is 0 Å². The highest BCUT2D eigenvalue weighted by atomic mass is 16.7. The topological polar surface area (TPSA) is 73.9 Å². The van der Waals surface area contributed by atoms with Crippen molar-refractivity contribution in [3.05, 3.63) is 30.0 Å². The molecule has 6 heteroatoms. The third-order valence-electron chi connectivity index (χ3n) is 2.41. The number of anilines is 1. The predicted molar refractivity (Wildman–Crippen MR) is 67.0 cm³/mol. The Hall–Kier alpha value is -2.50. The van der Waals surface area contributed by atoms with E-state index in [2.05, 4.69) is 5.32 Å². The van der Waals surface area contributed by atoms with Crippen LogP contribution in [0.25, 0.3) is 0 Å². The van der Waals surface area contributed by atoms with E-state index in [0.29, 0.717) is 23.5 Å². The van der Waals surface area contributed by atoms with Crippen LogP contribution in [-0.4, -0.2) is 25.7 Å². The molecule has 19 heavy (non-hydrogen) atoms. The van der Waals surface area contributed by atoms with Gasteiger partial charge in [-0.25, -0.2) is 4.79 Å². The Morgan fingerprint density at radius 3 is 2.95 bits per heavy atom. The van der Waals surface area contributed by atoms with E-state index in [0.717, 1.165) is 0 Å². The maximum Gasteiger partial charge on any atom is 0.342 e. The van der Waals surface area contributed by atoms with Crippen molar-refractivity contribution >= 4 is 17.9 Å². The summed E-state index contributed by atoms with van der Waals surface area (Å²) >= 11 is 0. The van der Waals surface area contributed by atoms with Crippen molar-refractivity contribution in [1.29, 1.82) is 0 Å². The van der Waals surface area contributed by atoms with Crippen LogP contribution in [-0.2, 0) is 14.3 Å². The highest BCUT2D eigenvalue weighted by Gasteiger charge is 2.13. The molecule has 1 heterocycles. The number of rotatable bonds is 5. The van der Waals surface area contributed by atoms with E-state index in [-0.39, 0.29) is 19.0 Å². The molecule has 1 aliphatic heterocycles. The molecule has 100 valence electrons. The SMILES string of the molecule is CCOC(=O)/C(C=O)=C/Nc1ccc2c(c1)OCO2. The van der Waals surface area contributed by atoms with E-state index in [1.165, 1.54) is 6.20 Å². The van der Waals surface area contributed by atoms with Gasteiger partial charge in [-0.3, -0.25) is 4.79 Å². The number of hydrogen-bond acceptors (Lipinski definition) is 6. The Balaban J connectivity index is 2.08. The van der Waals surface area contributed by atoms with Gasteiger partial charge in [0.2, 0.25) is 6.79 Å². The van der Waals surface area contributed by atoms with Gasteiger partial charge in [0, 0.05) is 18.0 Å². The minimum Gasteiger partial charge on any atom is -0.462 e. The van der Waals surface area contributed by atoms with Gasteiger partial charge in [-0.1, -0.05) is 0 Å². The van der Waals surface area contributed by atoms with E-state index in [1.807, 2.05) is 0 Å². The molecule has 0 amide bonds. The monoisotopic (exact) mass is 263 g/mol. The molecule has 6 nitrogen and oxygen atoms in total. The Kier molecular flexibility index (Phi) is 4.02. The summed E-state index contributed by atoms with van der Waals surface area (Å²) in [4.78, 5) is 22.2. The third-order valence-corrected chi connectivity index (χ3v) is 2.41. The van der Waals surface area contributed by atoms with Crippen LogP contribution in [0.5, 0.6) is 11.5 Å². The molecule has 0 bridgehead atoms. The second-order valence-electron chi connectivity index (χ2n) is 3.65. The van der Waals surface area contributed by atoms with E-state index in [4.69, 9.17) is 14.2 Å². The zero-order valence-electron chi connectivity index (χ0n) is 10.3. The molecule has 0 aromatic heterocycles. The van der Waals surface area contributed by atoms with Crippen LogP contribution in [0.2, 0.25) is 0 Å². The molecule has 1 aromatic carbocycles. The number of esters is 1. The van der Waals surface area contributed by atoms with Crippen molar-refractivity contribution in [2.75, 3.05) is 18.7 Å². The largest absolute Gasteiger partial charge is 0.462 e. The van der Waals surface area contributed by atoms with Crippen LogP contribution in [0.3, 0.4) is 0 Å². The molecule has 0 unspecified atom stereocenters. The summed E-state index contributed by atoms with van der Waals surface area (Å²) in [6, 6.07) is 5.20. The number of benzene rings is 1. The molecule has 1 N–H and O–H groups in total. The molecule has 0 saturated heterocycles. The lowest BCUT2D eigenvalue weighted by Crippen LogP contribution is -2.10. The van der Waals surface area contributed by atoms with Crippen LogP contribution in [0.15, 0.2) is 30.0 Å². The molecular weight excluding hydrogens is 250 g/mol. The van der Waals surface area contributed by atoms with E-state index in [1.54, 1.807) is 25.1 Å². The summed E-state index contributed by atoms with van der Waals surface area (Å²) in [6.45, 7) is 2.08. The van der Waals surface area contributed by atoms with Gasteiger partial charge in [0.25, 0.3) is 0 Å². The smallest absolute Gasteiger partial charge is 0.342 e. The van der Waals surface area contributed by atoms with Gasteiger partial charge in [-0.05, 0) is 19.1 Å². The van der Waals surface area contributed by atoms with Crippen molar-refractivity contribution in [2.45, 2.75) is 6.92 Å². The van der Waals surface area contributed by atoms with Crippen molar-refractivity contribution in [2.24, 2.45) is 0 Å². The van der Waals surface area contributed by atoms with Crippen LogP contribution in [0.1, 0.15) is 6.92 Å². The standard InChI is InChI=1S/C13H13NO5/c1-2-17-13(16)9(7-15)6-14-10-3-4-11-12(5-10)19-8-18-11/h3-7,14H,2,8H2,1H3/b9-6+. The lowest BCUT2D eigenvalue weighted by atomic mass is 10.2. The quantitative estimate of drug-likeness (QED) is 0.285. The molecule has 0 spiro atoms. The van der Waals surface area contributed by atoms with E-state index in [9.17, 15) is 9.59 Å². The first-order chi connectivity index (χ1) is 9.24. The highest BCUT2D eigenvalue weighted by molar-refractivity contribution is 6.07. The van der Waals surface area contributed by atoms with Crippen LogP contribution in [0.4, 0.5) is 5.69 Å². The molecule has 1 aliphatic rings. The zero-order chi connectivity index (χ0) is 13.7. The number of nitrogens with one attached hydrogen (secondary N) is 1. The zero-order valence-corrected chi connectivity index (χ0v) is 10.3. The Bertz CT molecular complexity index is 524. The van der Waals surface area contributed by atoms with Crippen molar-refractivity contribution < 1.29 is 23.8 Å². The van der Waals surface area contributed by atoms with Gasteiger partial charge < -0.3 is 19.5 Å². The fourth-order valence-electron chi connectivity index (χ4n) is 1.50. The van der Waals surface area contributed by atoms with Gasteiger partial charge in [-0.15, -0.1) is 0 Å². The number of carbonyl (C=O) groups excluding carboxylic acids is 2. The van der Waals surface area contributed by atoms with Gasteiger partial charge in [0.1, 0.15) is 5.57 Å². The first-order valence-electron chi connectivity index (χ1n) is 5.73. The first kappa shape index (κ1) is 12.9. The van der Waals surface area contributed by atoms with Crippen LogP contribution >= 0.6 is 0 Å². The van der Waals surface area contributed by atoms with Crippen molar-refractivity contribution in [3.63, 3.8) is 0 Å². The highest BCUT2D eigenvalue weighted by Crippen LogP contribution is 2.34. The van der Waals surface area contributed by atoms with Crippen molar-refractivity contribution in [3.8, 4) is 11.5 Å². The molecule has 0 aliphatic carbocycles. The fraction of sp³-hybridized carbons (Fsp3) is 0.231. The number of fused-ring (bicyclic) bond motifs is 1. The summed E-state index contributed by atoms with van der Waals surface area (Å²) in [5, 5.41) is 2.84. The van der Waals surface area contributed by atoms with E-state index < -0.39 is 5.97 Å². The van der Waals surface area contributed by atoms with Crippen LogP contribution in [0, 0.1) is 0 Å². The number of carbonyl (C=O) groups is 2. The summed E-state index contributed by atoms with van der Waals surface area (Å²) in [5.41, 5.74) is 0.590. The number of aldehydes is 1. The molecule has 2 rings (SSSR count). The molecule has 0 radical (unpaired) electrons. The molecular formula is C13H13NO5. The normalized spacial score (nSPS) is 13.0. The summed E-state index contributed by atoms with van der Waals surface area (Å²) in [5.74, 6) is 0.614. The average Bonchev–Trinajstić information content (AvgIpc) is 2.87. The van der Waals surface area contributed by atoms with Gasteiger partial charge >= 0.3 is 5.97 Å². The molecule has 1 aromatic rings. The Morgan fingerprint density at radius 2 is 2.21 bits per heavy atom. The first-order valence-corrected chi connectivity index (χ1v) is 5.73. The fourth-order valence-corrected chi connectivity index (χ4v) is 1.50.